The van der Waals surface area contributed by atoms with Gasteiger partial charge >= 0.3 is 0 Å². The third-order valence-electron chi connectivity index (χ3n) is 3.75. The Balaban J connectivity index is 2.05. The van der Waals surface area contributed by atoms with Crippen LogP contribution in [-0.4, -0.2) is 36.9 Å². The van der Waals surface area contributed by atoms with E-state index in [4.69, 9.17) is 0 Å². The maximum Gasteiger partial charge on any atom is 0.151 e. The molecule has 1 unspecified atom stereocenters. The zero-order valence-corrected chi connectivity index (χ0v) is 12.6. The molecule has 106 valence electrons. The summed E-state index contributed by atoms with van der Waals surface area (Å²) in [6.45, 7) is 9.78. The second kappa shape index (κ2) is 5.87. The summed E-state index contributed by atoms with van der Waals surface area (Å²) in [5, 5.41) is 12.1. The van der Waals surface area contributed by atoms with Crippen molar-refractivity contribution in [3.8, 4) is 0 Å². The summed E-state index contributed by atoms with van der Waals surface area (Å²) in [4.78, 5) is 2.37. The van der Waals surface area contributed by atoms with Crippen LogP contribution in [0.1, 0.15) is 39.3 Å². The smallest absolute Gasteiger partial charge is 0.151 e. The molecular formula is C15H26N4. The summed E-state index contributed by atoms with van der Waals surface area (Å²) in [5.41, 5.74) is 1.13. The molecule has 1 aromatic heterocycles. The molecule has 0 aromatic carbocycles. The van der Waals surface area contributed by atoms with Crippen LogP contribution in [0.15, 0.2) is 12.1 Å². The molecule has 0 saturated carbocycles. The van der Waals surface area contributed by atoms with E-state index in [9.17, 15) is 0 Å². The van der Waals surface area contributed by atoms with E-state index in [0.29, 0.717) is 0 Å². The number of anilines is 1. The van der Waals surface area contributed by atoms with Crippen molar-refractivity contribution >= 4 is 5.82 Å². The van der Waals surface area contributed by atoms with Gasteiger partial charge in [0.05, 0.1) is 5.69 Å². The highest BCUT2D eigenvalue weighted by Gasteiger charge is 2.21. The number of hydrogen-bond donors (Lipinski definition) is 1. The number of rotatable bonds is 3. The van der Waals surface area contributed by atoms with Gasteiger partial charge in [0.2, 0.25) is 0 Å². The van der Waals surface area contributed by atoms with Crippen molar-refractivity contribution in [3.63, 3.8) is 0 Å². The minimum Gasteiger partial charge on any atom is -0.355 e. The molecule has 0 radical (unpaired) electrons. The molecule has 1 aromatic rings. The van der Waals surface area contributed by atoms with Gasteiger partial charge in [0, 0.05) is 18.5 Å². The molecule has 19 heavy (non-hydrogen) atoms. The lowest BCUT2D eigenvalue weighted by Gasteiger charge is -2.33. The van der Waals surface area contributed by atoms with E-state index in [0.717, 1.165) is 37.1 Å². The van der Waals surface area contributed by atoms with Gasteiger partial charge in [-0.25, -0.2) is 0 Å². The zero-order valence-electron chi connectivity index (χ0n) is 12.6. The molecule has 4 heteroatoms. The number of piperidine rings is 1. The second-order valence-corrected chi connectivity index (χ2v) is 6.54. The lowest BCUT2D eigenvalue weighted by atomic mass is 9.92. The first-order valence-electron chi connectivity index (χ1n) is 7.24. The van der Waals surface area contributed by atoms with Crippen LogP contribution in [0.4, 0.5) is 5.82 Å². The fourth-order valence-corrected chi connectivity index (χ4v) is 2.62. The van der Waals surface area contributed by atoms with Gasteiger partial charge in [0.1, 0.15) is 0 Å². The average Bonchev–Trinajstić information content (AvgIpc) is 2.39. The predicted molar refractivity (Wildman–Crippen MR) is 79.6 cm³/mol. The highest BCUT2D eigenvalue weighted by molar-refractivity contribution is 5.38. The van der Waals surface area contributed by atoms with Crippen LogP contribution in [0, 0.1) is 5.92 Å². The molecule has 0 spiro atoms. The van der Waals surface area contributed by atoms with Crippen molar-refractivity contribution in [2.75, 3.05) is 31.6 Å². The number of hydrogen-bond acceptors (Lipinski definition) is 4. The Morgan fingerprint density at radius 2 is 2.11 bits per heavy atom. The first-order chi connectivity index (χ1) is 9.00. The van der Waals surface area contributed by atoms with Crippen molar-refractivity contribution in [1.82, 2.24) is 15.5 Å². The molecule has 1 fully saturated rings. The Morgan fingerprint density at radius 3 is 2.68 bits per heavy atom. The molecule has 1 atom stereocenters. The Morgan fingerprint density at radius 1 is 1.32 bits per heavy atom. The lowest BCUT2D eigenvalue weighted by molar-refractivity contribution is 0.400. The van der Waals surface area contributed by atoms with Crippen LogP contribution in [0.2, 0.25) is 0 Å². The Bertz CT molecular complexity index is 392. The quantitative estimate of drug-likeness (QED) is 0.907. The highest BCUT2D eigenvalue weighted by atomic mass is 15.3. The first-order valence-corrected chi connectivity index (χ1v) is 7.24. The van der Waals surface area contributed by atoms with Gasteiger partial charge in [-0.2, -0.15) is 5.10 Å². The molecule has 2 rings (SSSR count). The SMILES string of the molecule is CNCC1CCCN(c2ccc(C(C)(C)C)nn2)C1. The van der Waals surface area contributed by atoms with Crippen LogP contribution >= 0.6 is 0 Å². The third-order valence-corrected chi connectivity index (χ3v) is 3.75. The molecule has 1 aliphatic heterocycles. The van der Waals surface area contributed by atoms with Crippen LogP contribution in [-0.2, 0) is 5.41 Å². The minimum atomic E-state index is 0.0715. The van der Waals surface area contributed by atoms with Crippen molar-refractivity contribution < 1.29 is 0 Å². The molecule has 1 N–H and O–H groups in total. The molecule has 1 saturated heterocycles. The Kier molecular flexibility index (Phi) is 4.40. The summed E-state index contributed by atoms with van der Waals surface area (Å²) < 4.78 is 0. The maximum absolute atomic E-state index is 4.42. The highest BCUT2D eigenvalue weighted by Crippen LogP contribution is 2.23. The summed E-state index contributed by atoms with van der Waals surface area (Å²) in [6.07, 6.45) is 2.56. The Labute approximate surface area is 116 Å². The van der Waals surface area contributed by atoms with Crippen LogP contribution in [0.25, 0.3) is 0 Å². The van der Waals surface area contributed by atoms with Crippen LogP contribution < -0.4 is 10.2 Å². The molecule has 1 aliphatic rings. The standard InChI is InChI=1S/C15H26N4/c1-15(2,3)13-7-8-14(18-17-13)19-9-5-6-12(11-19)10-16-4/h7-8,12,16H,5-6,9-11H2,1-4H3. The van der Waals surface area contributed by atoms with Gasteiger partial charge in [0.15, 0.2) is 5.82 Å². The number of aromatic nitrogens is 2. The van der Waals surface area contributed by atoms with Crippen molar-refractivity contribution in [2.45, 2.75) is 39.0 Å². The molecule has 4 nitrogen and oxygen atoms in total. The summed E-state index contributed by atoms with van der Waals surface area (Å²) >= 11 is 0. The topological polar surface area (TPSA) is 41.0 Å². The zero-order chi connectivity index (χ0) is 13.9. The van der Waals surface area contributed by atoms with Gasteiger partial charge in [0.25, 0.3) is 0 Å². The minimum absolute atomic E-state index is 0.0715. The summed E-state index contributed by atoms with van der Waals surface area (Å²) in [6, 6.07) is 4.24. The van der Waals surface area contributed by atoms with Gasteiger partial charge < -0.3 is 10.2 Å². The second-order valence-electron chi connectivity index (χ2n) is 6.54. The lowest BCUT2D eigenvalue weighted by Crippen LogP contribution is -2.39. The van der Waals surface area contributed by atoms with Gasteiger partial charge in [-0.3, -0.25) is 0 Å². The summed E-state index contributed by atoms with van der Waals surface area (Å²) in [7, 11) is 2.02. The third kappa shape index (κ3) is 3.66. The maximum atomic E-state index is 4.42. The fourth-order valence-electron chi connectivity index (χ4n) is 2.62. The normalized spacial score (nSPS) is 20.6. The van der Waals surface area contributed by atoms with Gasteiger partial charge in [-0.15, -0.1) is 5.10 Å². The van der Waals surface area contributed by atoms with Gasteiger partial charge in [-0.05, 0) is 44.5 Å². The van der Waals surface area contributed by atoms with Gasteiger partial charge in [-0.1, -0.05) is 20.8 Å². The van der Waals surface area contributed by atoms with Crippen molar-refractivity contribution in [2.24, 2.45) is 5.92 Å². The van der Waals surface area contributed by atoms with E-state index in [1.54, 1.807) is 0 Å². The molecular weight excluding hydrogens is 236 g/mol. The molecule has 2 heterocycles. The largest absolute Gasteiger partial charge is 0.355 e. The fraction of sp³-hybridized carbons (Fsp3) is 0.733. The monoisotopic (exact) mass is 262 g/mol. The number of nitrogens with zero attached hydrogens (tertiary/aromatic N) is 3. The van der Waals surface area contributed by atoms with Crippen LogP contribution in [0.5, 0.6) is 0 Å². The molecule has 0 bridgehead atoms. The Hall–Kier alpha value is -1.16. The van der Waals surface area contributed by atoms with E-state index in [-0.39, 0.29) is 5.41 Å². The average molecular weight is 262 g/mol. The molecule has 0 amide bonds. The number of nitrogens with one attached hydrogen (secondary N) is 1. The van der Waals surface area contributed by atoms with E-state index in [1.165, 1.54) is 12.8 Å². The van der Waals surface area contributed by atoms with Crippen molar-refractivity contribution in [3.05, 3.63) is 17.8 Å². The van der Waals surface area contributed by atoms with Crippen molar-refractivity contribution in [1.29, 1.82) is 0 Å². The first kappa shape index (κ1) is 14.3. The van der Waals surface area contributed by atoms with E-state index in [1.807, 2.05) is 7.05 Å². The van der Waals surface area contributed by atoms with Crippen LogP contribution in [0.3, 0.4) is 0 Å². The van der Waals surface area contributed by atoms with E-state index in [2.05, 4.69) is 53.3 Å². The molecule has 0 aliphatic carbocycles. The van der Waals surface area contributed by atoms with E-state index >= 15 is 0 Å². The van der Waals surface area contributed by atoms with E-state index < -0.39 is 0 Å². The summed E-state index contributed by atoms with van der Waals surface area (Å²) in [5.74, 6) is 1.75. The predicted octanol–water partition coefficient (Wildman–Crippen LogP) is 2.21.